The molecule has 0 saturated heterocycles. The normalized spacial score (nSPS) is 15.6. The number of esters is 1. The van der Waals surface area contributed by atoms with Crippen LogP contribution in [0.4, 0.5) is 11.4 Å². The van der Waals surface area contributed by atoms with Gasteiger partial charge in [0.2, 0.25) is 9.84 Å². The standard InChI is InChI=1S/C17H15NO4S/c1-12-7-3-4-8-13(12)18-11-16(17(19)22-2)23(20,21)15-10-6-5-9-14(15)18/h3-11H,1-2H3. The lowest BCUT2D eigenvalue weighted by molar-refractivity contribution is -0.135. The number of fused-ring (bicyclic) bond motifs is 1. The second-order valence-corrected chi connectivity index (χ2v) is 7.00. The van der Waals surface area contributed by atoms with E-state index < -0.39 is 15.8 Å². The van der Waals surface area contributed by atoms with Crippen molar-refractivity contribution in [2.45, 2.75) is 11.8 Å². The van der Waals surface area contributed by atoms with Crippen molar-refractivity contribution in [1.82, 2.24) is 0 Å². The second kappa shape index (κ2) is 5.55. The minimum absolute atomic E-state index is 0.0890. The molecule has 0 spiro atoms. The highest BCUT2D eigenvalue weighted by atomic mass is 32.2. The van der Waals surface area contributed by atoms with Crippen LogP contribution >= 0.6 is 0 Å². The van der Waals surface area contributed by atoms with Gasteiger partial charge in [-0.15, -0.1) is 0 Å². The van der Waals surface area contributed by atoms with Gasteiger partial charge >= 0.3 is 5.97 Å². The van der Waals surface area contributed by atoms with E-state index in [1.165, 1.54) is 12.3 Å². The topological polar surface area (TPSA) is 63.7 Å². The van der Waals surface area contributed by atoms with Gasteiger partial charge in [-0.05, 0) is 30.7 Å². The number of anilines is 2. The van der Waals surface area contributed by atoms with Gasteiger partial charge in [0, 0.05) is 11.9 Å². The lowest BCUT2D eigenvalue weighted by Gasteiger charge is -2.29. The minimum atomic E-state index is -3.90. The Balaban J connectivity index is 2.31. The van der Waals surface area contributed by atoms with Crippen LogP contribution in [0.2, 0.25) is 0 Å². The Kier molecular flexibility index (Phi) is 3.69. The van der Waals surface area contributed by atoms with E-state index in [9.17, 15) is 13.2 Å². The number of nitrogens with zero attached hydrogens (tertiary/aromatic N) is 1. The molecule has 0 fully saturated rings. The van der Waals surface area contributed by atoms with Crippen LogP contribution in [0.15, 0.2) is 64.5 Å². The van der Waals surface area contributed by atoms with Crippen molar-refractivity contribution in [2.24, 2.45) is 0 Å². The van der Waals surface area contributed by atoms with Crippen molar-refractivity contribution < 1.29 is 17.9 Å². The molecular formula is C17H15NO4S. The average molecular weight is 329 g/mol. The Morgan fingerprint density at radius 3 is 2.26 bits per heavy atom. The Bertz CT molecular complexity index is 916. The zero-order valence-corrected chi connectivity index (χ0v) is 13.5. The molecule has 0 aromatic heterocycles. The number of carbonyl (C=O) groups is 1. The lowest BCUT2D eigenvalue weighted by Crippen LogP contribution is -2.26. The van der Waals surface area contributed by atoms with E-state index in [1.807, 2.05) is 31.2 Å². The van der Waals surface area contributed by atoms with Crippen molar-refractivity contribution in [2.75, 3.05) is 12.0 Å². The van der Waals surface area contributed by atoms with Crippen LogP contribution in [0.3, 0.4) is 0 Å². The number of sulfone groups is 1. The lowest BCUT2D eigenvalue weighted by atomic mass is 10.1. The molecule has 0 amide bonds. The molecule has 0 bridgehead atoms. The quantitative estimate of drug-likeness (QED) is 0.793. The molecule has 5 nitrogen and oxygen atoms in total. The van der Waals surface area contributed by atoms with Crippen molar-refractivity contribution in [3.05, 3.63) is 65.2 Å². The zero-order valence-electron chi connectivity index (χ0n) is 12.7. The summed E-state index contributed by atoms with van der Waals surface area (Å²) in [5, 5.41) is 0. The molecule has 1 aliphatic rings. The molecule has 0 N–H and O–H groups in total. The van der Waals surface area contributed by atoms with Crippen molar-refractivity contribution in [3.8, 4) is 0 Å². The number of benzene rings is 2. The fraction of sp³-hybridized carbons (Fsp3) is 0.118. The van der Waals surface area contributed by atoms with Gasteiger partial charge in [0.15, 0.2) is 4.91 Å². The van der Waals surface area contributed by atoms with E-state index in [4.69, 9.17) is 0 Å². The van der Waals surface area contributed by atoms with Crippen LogP contribution in [-0.2, 0) is 19.4 Å². The van der Waals surface area contributed by atoms with Crippen LogP contribution in [-0.4, -0.2) is 21.5 Å². The summed E-state index contributed by atoms with van der Waals surface area (Å²) in [5.41, 5.74) is 2.27. The molecule has 0 aliphatic carbocycles. The molecule has 1 heterocycles. The van der Waals surface area contributed by atoms with Crippen molar-refractivity contribution >= 4 is 27.2 Å². The minimum Gasteiger partial charge on any atom is -0.465 e. The van der Waals surface area contributed by atoms with E-state index in [0.717, 1.165) is 18.4 Å². The van der Waals surface area contributed by atoms with Crippen molar-refractivity contribution in [3.63, 3.8) is 0 Å². The maximum absolute atomic E-state index is 12.7. The molecule has 0 unspecified atom stereocenters. The Hall–Kier alpha value is -2.60. The van der Waals surface area contributed by atoms with E-state index in [0.29, 0.717) is 5.69 Å². The molecule has 118 valence electrons. The molecule has 1 aliphatic heterocycles. The predicted octanol–water partition coefficient (Wildman–Crippen LogP) is 2.93. The largest absolute Gasteiger partial charge is 0.465 e. The first-order valence-corrected chi connectivity index (χ1v) is 8.44. The number of methoxy groups -OCH3 is 1. The highest BCUT2D eigenvalue weighted by Gasteiger charge is 2.36. The monoisotopic (exact) mass is 329 g/mol. The number of hydrogen-bond acceptors (Lipinski definition) is 5. The van der Waals surface area contributed by atoms with Gasteiger partial charge in [-0.2, -0.15) is 0 Å². The van der Waals surface area contributed by atoms with Gasteiger partial charge in [0.1, 0.15) is 0 Å². The SMILES string of the molecule is COC(=O)C1=CN(c2ccccc2C)c2ccccc2S1(=O)=O. The first-order chi connectivity index (χ1) is 11.0. The molecule has 0 saturated carbocycles. The van der Waals surface area contributed by atoms with Crippen LogP contribution in [0, 0.1) is 6.92 Å². The Morgan fingerprint density at radius 1 is 1.00 bits per heavy atom. The molecule has 0 atom stereocenters. The van der Waals surface area contributed by atoms with Crippen LogP contribution in [0.5, 0.6) is 0 Å². The summed E-state index contributed by atoms with van der Waals surface area (Å²) in [4.78, 5) is 13.4. The summed E-state index contributed by atoms with van der Waals surface area (Å²) in [7, 11) is -2.74. The van der Waals surface area contributed by atoms with E-state index >= 15 is 0 Å². The Labute approximate surface area is 134 Å². The number of ether oxygens (including phenoxy) is 1. The maximum Gasteiger partial charge on any atom is 0.351 e. The first-order valence-electron chi connectivity index (χ1n) is 6.96. The summed E-state index contributed by atoms with van der Waals surface area (Å²) in [6.07, 6.45) is 1.33. The van der Waals surface area contributed by atoms with Gasteiger partial charge in [-0.25, -0.2) is 13.2 Å². The van der Waals surface area contributed by atoms with E-state index in [2.05, 4.69) is 4.74 Å². The number of aryl methyl sites for hydroxylation is 1. The van der Waals surface area contributed by atoms with Crippen LogP contribution < -0.4 is 4.90 Å². The first kappa shape index (κ1) is 15.3. The molecule has 2 aromatic rings. The molecular weight excluding hydrogens is 314 g/mol. The summed E-state index contributed by atoms with van der Waals surface area (Å²) in [6, 6.07) is 14.2. The number of carbonyl (C=O) groups excluding carboxylic acids is 1. The van der Waals surface area contributed by atoms with E-state index in [-0.39, 0.29) is 9.80 Å². The van der Waals surface area contributed by atoms with E-state index in [1.54, 1.807) is 23.1 Å². The third-order valence-corrected chi connectivity index (χ3v) is 5.49. The summed E-state index contributed by atoms with van der Waals surface area (Å²) in [6.45, 7) is 1.92. The highest BCUT2D eigenvalue weighted by Crippen LogP contribution is 2.40. The van der Waals surface area contributed by atoms with Crippen LogP contribution in [0.25, 0.3) is 0 Å². The maximum atomic E-state index is 12.7. The fourth-order valence-corrected chi connectivity index (χ4v) is 4.04. The Morgan fingerprint density at radius 2 is 1.61 bits per heavy atom. The zero-order chi connectivity index (χ0) is 16.6. The molecule has 3 rings (SSSR count). The molecule has 23 heavy (non-hydrogen) atoms. The summed E-state index contributed by atoms with van der Waals surface area (Å²) >= 11 is 0. The predicted molar refractivity (Wildman–Crippen MR) is 87.0 cm³/mol. The molecule has 0 radical (unpaired) electrons. The summed E-state index contributed by atoms with van der Waals surface area (Å²) in [5.74, 6) is -0.877. The van der Waals surface area contributed by atoms with Gasteiger partial charge in [-0.1, -0.05) is 30.3 Å². The highest BCUT2D eigenvalue weighted by molar-refractivity contribution is 7.96. The number of hydrogen-bond donors (Lipinski definition) is 0. The van der Waals surface area contributed by atoms with Gasteiger partial charge in [0.05, 0.1) is 17.7 Å². The van der Waals surface area contributed by atoms with Gasteiger partial charge in [-0.3, -0.25) is 0 Å². The molecule has 2 aromatic carbocycles. The number of para-hydroxylation sites is 2. The average Bonchev–Trinajstić information content (AvgIpc) is 2.55. The van der Waals surface area contributed by atoms with Crippen LogP contribution in [0.1, 0.15) is 5.56 Å². The molecule has 6 heteroatoms. The fourth-order valence-electron chi connectivity index (χ4n) is 2.55. The second-order valence-electron chi connectivity index (χ2n) is 5.11. The third kappa shape index (κ3) is 2.41. The van der Waals surface area contributed by atoms with Crippen molar-refractivity contribution in [1.29, 1.82) is 0 Å². The van der Waals surface area contributed by atoms with Gasteiger partial charge < -0.3 is 9.64 Å². The smallest absolute Gasteiger partial charge is 0.351 e. The number of rotatable bonds is 2. The summed E-state index contributed by atoms with van der Waals surface area (Å²) < 4.78 is 30.0. The van der Waals surface area contributed by atoms with Gasteiger partial charge in [0.25, 0.3) is 0 Å². The third-order valence-electron chi connectivity index (χ3n) is 3.71.